The molecule has 8 heteroatoms. The van der Waals surface area contributed by atoms with Crippen molar-refractivity contribution in [2.45, 2.75) is 32.1 Å². The van der Waals surface area contributed by atoms with Gasteiger partial charge in [-0.15, -0.1) is 0 Å². The van der Waals surface area contributed by atoms with Crippen molar-refractivity contribution in [2.24, 2.45) is 0 Å². The maximum absolute atomic E-state index is 6.25. The van der Waals surface area contributed by atoms with Crippen molar-refractivity contribution in [1.29, 1.82) is 0 Å². The number of hydrogen-bond donors (Lipinski definition) is 2. The highest BCUT2D eigenvalue weighted by Gasteiger charge is 2.09. The molecule has 0 bridgehead atoms. The molecule has 0 spiro atoms. The molecule has 0 amide bonds. The van der Waals surface area contributed by atoms with Gasteiger partial charge in [0, 0.05) is 23.2 Å². The maximum atomic E-state index is 6.25. The zero-order valence-corrected chi connectivity index (χ0v) is 19.9. The topological polar surface area (TPSA) is 80.2 Å². The van der Waals surface area contributed by atoms with E-state index in [1.54, 1.807) is 0 Å². The Morgan fingerprint density at radius 1 is 1.13 bits per heavy atom. The smallest absolute Gasteiger partial charge is 0.222 e. The molecule has 0 radical (unpaired) electrons. The first-order chi connectivity index (χ1) is 14.9. The van der Waals surface area contributed by atoms with Gasteiger partial charge in [0.2, 0.25) is 5.95 Å². The van der Waals surface area contributed by atoms with Crippen LogP contribution in [0.4, 0.5) is 11.8 Å². The fraction of sp³-hybridized carbons (Fsp3) is 0.391. The predicted molar refractivity (Wildman–Crippen MR) is 132 cm³/mol. The van der Waals surface area contributed by atoms with Crippen molar-refractivity contribution < 1.29 is 4.42 Å². The van der Waals surface area contributed by atoms with Crippen LogP contribution in [0.5, 0.6) is 0 Å². The molecule has 0 aliphatic heterocycles. The maximum Gasteiger partial charge on any atom is 0.222 e. The summed E-state index contributed by atoms with van der Waals surface area (Å²) in [5, 5.41) is 4.08. The van der Waals surface area contributed by atoms with E-state index in [1.807, 2.05) is 57.0 Å². The summed E-state index contributed by atoms with van der Waals surface area (Å²) in [4.78, 5) is 10.8. The van der Waals surface area contributed by atoms with Gasteiger partial charge in [0.05, 0.1) is 18.0 Å². The lowest BCUT2D eigenvalue weighted by Gasteiger charge is -2.11. The minimum absolute atomic E-state index is 0.252. The number of nitrogens with two attached hydrogens (primary N) is 1. The second kappa shape index (κ2) is 11.4. The van der Waals surface area contributed by atoms with E-state index >= 15 is 0 Å². The standard InChI is InChI=1S/C23H30ClN5OS/c1-16-19(7-6-8-20(16)24)21-13-22(28-23(25)27-21)26-11-4-5-12-31-15-18-10-9-17(30-18)14-29(2)3/h6-10,13H,4-5,11-12,14-15H2,1-3H3,(H3,25,26,27,28). The summed E-state index contributed by atoms with van der Waals surface area (Å²) in [7, 11) is 4.08. The number of benzene rings is 1. The van der Waals surface area contributed by atoms with E-state index in [0.717, 1.165) is 71.6 Å². The summed E-state index contributed by atoms with van der Waals surface area (Å²) in [6.45, 7) is 3.65. The van der Waals surface area contributed by atoms with Gasteiger partial charge >= 0.3 is 0 Å². The molecule has 2 aromatic heterocycles. The van der Waals surface area contributed by atoms with Gasteiger partial charge in [-0.2, -0.15) is 16.7 Å². The van der Waals surface area contributed by atoms with Crippen LogP contribution in [0.1, 0.15) is 29.9 Å². The van der Waals surface area contributed by atoms with Gasteiger partial charge in [0.25, 0.3) is 0 Å². The highest BCUT2D eigenvalue weighted by Crippen LogP contribution is 2.28. The van der Waals surface area contributed by atoms with Crippen LogP contribution in [-0.4, -0.2) is 41.3 Å². The van der Waals surface area contributed by atoms with Gasteiger partial charge in [-0.3, -0.25) is 0 Å². The quantitative estimate of drug-likeness (QED) is 0.368. The Labute approximate surface area is 193 Å². The Balaban J connectivity index is 1.41. The van der Waals surface area contributed by atoms with E-state index in [-0.39, 0.29) is 5.95 Å². The van der Waals surface area contributed by atoms with Crippen molar-refractivity contribution in [3.8, 4) is 11.3 Å². The van der Waals surface area contributed by atoms with Crippen LogP contribution in [0, 0.1) is 6.92 Å². The first-order valence-electron chi connectivity index (χ1n) is 10.4. The van der Waals surface area contributed by atoms with Gasteiger partial charge in [-0.1, -0.05) is 23.7 Å². The lowest BCUT2D eigenvalue weighted by atomic mass is 10.1. The van der Waals surface area contributed by atoms with Crippen molar-refractivity contribution in [3.05, 3.63) is 58.5 Å². The second-order valence-corrected chi connectivity index (χ2v) is 9.21. The van der Waals surface area contributed by atoms with Crippen LogP contribution in [0.3, 0.4) is 0 Å². The normalized spacial score (nSPS) is 11.3. The van der Waals surface area contributed by atoms with E-state index in [2.05, 4.69) is 32.3 Å². The summed E-state index contributed by atoms with van der Waals surface area (Å²) in [5.41, 5.74) is 8.65. The monoisotopic (exact) mass is 459 g/mol. The molecule has 0 saturated carbocycles. The highest BCUT2D eigenvalue weighted by atomic mass is 35.5. The molecule has 0 aliphatic carbocycles. The first-order valence-corrected chi connectivity index (χ1v) is 11.9. The van der Waals surface area contributed by atoms with Crippen LogP contribution >= 0.6 is 23.4 Å². The number of halogens is 1. The molecule has 3 N–H and O–H groups in total. The number of furan rings is 1. The second-order valence-electron chi connectivity index (χ2n) is 7.70. The number of nitrogens with zero attached hydrogens (tertiary/aromatic N) is 3. The van der Waals surface area contributed by atoms with Crippen LogP contribution in [0.15, 0.2) is 40.8 Å². The molecular weight excluding hydrogens is 430 g/mol. The van der Waals surface area contributed by atoms with Crippen LogP contribution < -0.4 is 11.1 Å². The zero-order valence-electron chi connectivity index (χ0n) is 18.3. The zero-order chi connectivity index (χ0) is 22.2. The SMILES string of the molecule is Cc1c(Cl)cccc1-c1cc(NCCCCSCc2ccc(CN(C)C)o2)nc(N)n1. The fourth-order valence-corrected chi connectivity index (χ4v) is 4.28. The number of anilines is 2. The Kier molecular flexibility index (Phi) is 8.63. The number of rotatable bonds is 11. The summed E-state index contributed by atoms with van der Waals surface area (Å²) < 4.78 is 5.85. The van der Waals surface area contributed by atoms with Crippen molar-refractivity contribution in [2.75, 3.05) is 37.4 Å². The molecule has 3 rings (SSSR count). The van der Waals surface area contributed by atoms with Crippen molar-refractivity contribution >= 4 is 35.1 Å². The van der Waals surface area contributed by atoms with E-state index < -0.39 is 0 Å². The average Bonchev–Trinajstić information content (AvgIpc) is 3.15. The van der Waals surface area contributed by atoms with E-state index in [4.69, 9.17) is 21.8 Å². The molecule has 2 heterocycles. The molecule has 0 unspecified atom stereocenters. The third-order valence-electron chi connectivity index (χ3n) is 4.74. The largest absolute Gasteiger partial charge is 0.464 e. The summed E-state index contributed by atoms with van der Waals surface area (Å²) in [5.74, 6) is 5.04. The molecule has 0 aliphatic rings. The Hall–Kier alpha value is -2.22. The third-order valence-corrected chi connectivity index (χ3v) is 6.22. The van der Waals surface area contributed by atoms with Gasteiger partial charge in [0.1, 0.15) is 17.3 Å². The van der Waals surface area contributed by atoms with E-state index in [0.29, 0.717) is 5.02 Å². The molecule has 6 nitrogen and oxygen atoms in total. The molecule has 166 valence electrons. The lowest BCUT2D eigenvalue weighted by molar-refractivity contribution is 0.344. The van der Waals surface area contributed by atoms with Gasteiger partial charge in [-0.25, -0.2) is 4.98 Å². The van der Waals surface area contributed by atoms with Crippen LogP contribution in [0.2, 0.25) is 5.02 Å². The Bertz CT molecular complexity index is 992. The van der Waals surface area contributed by atoms with Crippen LogP contribution in [0.25, 0.3) is 11.3 Å². The summed E-state index contributed by atoms with van der Waals surface area (Å²) >= 11 is 8.14. The molecular formula is C23H30ClN5OS. The molecule has 0 saturated heterocycles. The summed E-state index contributed by atoms with van der Waals surface area (Å²) in [6, 6.07) is 11.8. The van der Waals surface area contributed by atoms with E-state index in [1.165, 1.54) is 0 Å². The average molecular weight is 460 g/mol. The first kappa shape index (κ1) is 23.4. The number of hydrogen-bond acceptors (Lipinski definition) is 7. The Morgan fingerprint density at radius 2 is 1.94 bits per heavy atom. The highest BCUT2D eigenvalue weighted by molar-refractivity contribution is 7.98. The van der Waals surface area contributed by atoms with Crippen molar-refractivity contribution in [3.63, 3.8) is 0 Å². The minimum atomic E-state index is 0.252. The van der Waals surface area contributed by atoms with Gasteiger partial charge in [0.15, 0.2) is 0 Å². The number of nitrogen functional groups attached to an aromatic ring is 1. The molecule has 1 aromatic carbocycles. The number of nitrogens with one attached hydrogen (secondary N) is 1. The number of aromatic nitrogens is 2. The van der Waals surface area contributed by atoms with Gasteiger partial charge in [-0.05, 0) is 63.4 Å². The van der Waals surface area contributed by atoms with Crippen molar-refractivity contribution in [1.82, 2.24) is 14.9 Å². The molecule has 0 fully saturated rings. The number of unbranched alkanes of at least 4 members (excludes halogenated alkanes) is 1. The lowest BCUT2D eigenvalue weighted by Crippen LogP contribution is -2.09. The third kappa shape index (κ3) is 7.16. The van der Waals surface area contributed by atoms with E-state index in [9.17, 15) is 0 Å². The molecule has 3 aromatic rings. The Morgan fingerprint density at radius 3 is 2.74 bits per heavy atom. The minimum Gasteiger partial charge on any atom is -0.464 e. The number of thioether (sulfide) groups is 1. The molecule has 31 heavy (non-hydrogen) atoms. The molecule has 0 atom stereocenters. The van der Waals surface area contributed by atoms with Crippen LogP contribution in [-0.2, 0) is 12.3 Å². The van der Waals surface area contributed by atoms with Gasteiger partial charge < -0.3 is 20.4 Å². The summed E-state index contributed by atoms with van der Waals surface area (Å²) in [6.07, 6.45) is 2.16. The fourth-order valence-electron chi connectivity index (χ4n) is 3.19. The predicted octanol–water partition coefficient (Wildman–Crippen LogP) is 5.47.